The normalized spacial score (nSPS) is 17.8. The van der Waals surface area contributed by atoms with Crippen molar-refractivity contribution in [1.29, 1.82) is 0 Å². The zero-order valence-corrected chi connectivity index (χ0v) is 15.5. The van der Waals surface area contributed by atoms with Gasteiger partial charge in [-0.3, -0.25) is 4.90 Å². The van der Waals surface area contributed by atoms with Gasteiger partial charge in [0.25, 0.3) is 0 Å². The summed E-state index contributed by atoms with van der Waals surface area (Å²) in [4.78, 5) is 14.9. The molecule has 3 aromatic rings. The van der Waals surface area contributed by atoms with E-state index in [9.17, 15) is 4.79 Å². The summed E-state index contributed by atoms with van der Waals surface area (Å²) in [6, 6.07) is 14.8. The molecule has 0 saturated heterocycles. The van der Waals surface area contributed by atoms with E-state index in [1.807, 2.05) is 12.1 Å². The molecule has 0 N–H and O–H groups in total. The fourth-order valence-corrected chi connectivity index (χ4v) is 4.42. The Labute approximate surface area is 158 Å². The molecule has 27 heavy (non-hydrogen) atoms. The third kappa shape index (κ3) is 2.76. The third-order valence-electron chi connectivity index (χ3n) is 6.03. The molecule has 0 fully saturated rings. The molecule has 1 aliphatic carbocycles. The lowest BCUT2D eigenvalue weighted by Crippen LogP contribution is -2.34. The lowest BCUT2D eigenvalue weighted by atomic mass is 9.89. The van der Waals surface area contributed by atoms with Gasteiger partial charge in [0.1, 0.15) is 18.1 Å². The Bertz CT molecular complexity index is 1050. The molecule has 0 spiro atoms. The van der Waals surface area contributed by atoms with Crippen molar-refractivity contribution in [3.8, 4) is 5.75 Å². The maximum absolute atomic E-state index is 12.6. The molecular formula is C23H23NO3. The highest BCUT2D eigenvalue weighted by atomic mass is 16.5. The van der Waals surface area contributed by atoms with Gasteiger partial charge >= 0.3 is 5.63 Å². The third-order valence-corrected chi connectivity index (χ3v) is 6.03. The highest BCUT2D eigenvalue weighted by Gasteiger charge is 2.27. The fourth-order valence-electron chi connectivity index (χ4n) is 4.42. The molecule has 138 valence electrons. The molecule has 1 aromatic heterocycles. The van der Waals surface area contributed by atoms with Crippen LogP contribution in [0.25, 0.3) is 11.0 Å². The van der Waals surface area contributed by atoms with E-state index in [1.165, 1.54) is 11.1 Å². The van der Waals surface area contributed by atoms with Crippen molar-refractivity contribution in [2.45, 2.75) is 45.2 Å². The van der Waals surface area contributed by atoms with E-state index in [1.54, 1.807) is 0 Å². The topological polar surface area (TPSA) is 42.7 Å². The lowest BCUT2D eigenvalue weighted by Gasteiger charge is -2.34. The van der Waals surface area contributed by atoms with Crippen molar-refractivity contribution in [1.82, 2.24) is 4.90 Å². The van der Waals surface area contributed by atoms with Gasteiger partial charge in [-0.25, -0.2) is 4.79 Å². The van der Waals surface area contributed by atoms with Gasteiger partial charge in [0, 0.05) is 23.5 Å². The molecule has 1 atom stereocenters. The standard InChI is InChI=1S/C23H23NO3/c1-15(16-7-3-2-4-8-16)24-13-20-21(26-14-24)12-11-18-17-9-5-6-10-19(17)23(25)27-22(18)20/h2-4,7-8,11-12,15H,5-6,9-10,13-14H2,1H3/t15-/m0/s1. The SMILES string of the molecule is C[C@@H](c1ccccc1)N1COc2ccc3c4c(c(=O)oc3c2C1)CCCC4. The van der Waals surface area contributed by atoms with Crippen molar-refractivity contribution in [3.05, 3.63) is 75.1 Å². The number of hydrogen-bond acceptors (Lipinski definition) is 4. The van der Waals surface area contributed by atoms with E-state index >= 15 is 0 Å². The van der Waals surface area contributed by atoms with Gasteiger partial charge in [-0.05, 0) is 55.9 Å². The first-order chi connectivity index (χ1) is 13.2. The largest absolute Gasteiger partial charge is 0.478 e. The van der Waals surface area contributed by atoms with E-state index in [0.29, 0.717) is 18.9 Å². The maximum Gasteiger partial charge on any atom is 0.339 e. The van der Waals surface area contributed by atoms with Crippen LogP contribution in [0.2, 0.25) is 0 Å². The number of fused-ring (bicyclic) bond motifs is 5. The van der Waals surface area contributed by atoms with Crippen molar-refractivity contribution in [2.24, 2.45) is 0 Å². The Morgan fingerprint density at radius 3 is 2.56 bits per heavy atom. The predicted molar refractivity (Wildman–Crippen MR) is 105 cm³/mol. The molecule has 0 saturated carbocycles. The highest BCUT2D eigenvalue weighted by Crippen LogP contribution is 2.37. The average molecular weight is 361 g/mol. The summed E-state index contributed by atoms with van der Waals surface area (Å²) in [5.74, 6) is 0.831. The summed E-state index contributed by atoms with van der Waals surface area (Å²) >= 11 is 0. The van der Waals surface area contributed by atoms with Crippen molar-refractivity contribution >= 4 is 11.0 Å². The van der Waals surface area contributed by atoms with Gasteiger partial charge in [0.15, 0.2) is 0 Å². The fraction of sp³-hybridized carbons (Fsp3) is 0.348. The first-order valence-electron chi connectivity index (χ1n) is 9.74. The van der Waals surface area contributed by atoms with Gasteiger partial charge in [-0.1, -0.05) is 30.3 Å². The van der Waals surface area contributed by atoms with Crippen LogP contribution in [0.3, 0.4) is 0 Å². The minimum absolute atomic E-state index is 0.168. The predicted octanol–water partition coefficient (Wildman–Crippen LogP) is 4.58. The molecule has 5 rings (SSSR count). The number of ether oxygens (including phenoxy) is 1. The molecule has 1 aliphatic heterocycles. The Morgan fingerprint density at radius 1 is 0.963 bits per heavy atom. The Morgan fingerprint density at radius 2 is 1.74 bits per heavy atom. The Hall–Kier alpha value is -2.59. The number of benzene rings is 2. The van der Waals surface area contributed by atoms with Crippen LogP contribution in [-0.2, 0) is 19.4 Å². The van der Waals surface area contributed by atoms with Crippen molar-refractivity contribution < 1.29 is 9.15 Å². The maximum atomic E-state index is 12.6. The van der Waals surface area contributed by atoms with Crippen LogP contribution in [0.15, 0.2) is 51.7 Å². The summed E-state index contributed by atoms with van der Waals surface area (Å²) in [7, 11) is 0. The monoisotopic (exact) mass is 361 g/mol. The summed E-state index contributed by atoms with van der Waals surface area (Å²) in [6.07, 6.45) is 4.00. The first-order valence-corrected chi connectivity index (χ1v) is 9.74. The zero-order valence-electron chi connectivity index (χ0n) is 15.5. The zero-order chi connectivity index (χ0) is 18.4. The summed E-state index contributed by atoms with van der Waals surface area (Å²) in [5, 5.41) is 1.08. The van der Waals surface area contributed by atoms with Gasteiger partial charge in [-0.15, -0.1) is 0 Å². The molecule has 0 bridgehead atoms. The van der Waals surface area contributed by atoms with Crippen LogP contribution in [0.1, 0.15) is 48.1 Å². The molecule has 0 unspecified atom stereocenters. The van der Waals surface area contributed by atoms with Gasteiger partial charge in [-0.2, -0.15) is 0 Å². The molecule has 2 aliphatic rings. The summed E-state index contributed by atoms with van der Waals surface area (Å²) < 4.78 is 11.9. The Balaban J connectivity index is 1.59. The average Bonchev–Trinajstić information content (AvgIpc) is 2.73. The first kappa shape index (κ1) is 16.6. The second-order valence-corrected chi connectivity index (χ2v) is 7.58. The summed E-state index contributed by atoms with van der Waals surface area (Å²) in [5.41, 5.74) is 4.85. The van der Waals surface area contributed by atoms with Crippen molar-refractivity contribution in [3.63, 3.8) is 0 Å². The summed E-state index contributed by atoms with van der Waals surface area (Å²) in [6.45, 7) is 3.43. The Kier molecular flexibility index (Phi) is 4.01. The van der Waals surface area contributed by atoms with E-state index in [-0.39, 0.29) is 11.7 Å². The van der Waals surface area contributed by atoms with Crippen LogP contribution >= 0.6 is 0 Å². The second-order valence-electron chi connectivity index (χ2n) is 7.58. The van der Waals surface area contributed by atoms with Gasteiger partial charge in [0.2, 0.25) is 0 Å². The van der Waals surface area contributed by atoms with E-state index < -0.39 is 0 Å². The smallest absolute Gasteiger partial charge is 0.339 e. The van der Waals surface area contributed by atoms with Gasteiger partial charge in [0.05, 0.1) is 5.56 Å². The number of rotatable bonds is 2. The molecule has 4 heteroatoms. The van der Waals surface area contributed by atoms with Gasteiger partial charge < -0.3 is 9.15 Å². The highest BCUT2D eigenvalue weighted by molar-refractivity contribution is 5.86. The molecule has 2 heterocycles. The van der Waals surface area contributed by atoms with Crippen molar-refractivity contribution in [2.75, 3.05) is 6.73 Å². The molecule has 0 amide bonds. The van der Waals surface area contributed by atoms with E-state index in [2.05, 4.69) is 42.2 Å². The quantitative estimate of drug-likeness (QED) is 0.627. The number of hydrogen-bond donors (Lipinski definition) is 0. The van der Waals surface area contributed by atoms with E-state index in [4.69, 9.17) is 9.15 Å². The van der Waals surface area contributed by atoms with Crippen LogP contribution in [0.5, 0.6) is 5.75 Å². The van der Waals surface area contributed by atoms with E-state index in [0.717, 1.165) is 47.9 Å². The molecule has 2 aromatic carbocycles. The van der Waals surface area contributed by atoms with Crippen LogP contribution in [-0.4, -0.2) is 11.6 Å². The van der Waals surface area contributed by atoms with Crippen LogP contribution < -0.4 is 10.4 Å². The lowest BCUT2D eigenvalue weighted by molar-refractivity contribution is 0.0620. The van der Waals surface area contributed by atoms with Crippen LogP contribution in [0, 0.1) is 0 Å². The minimum Gasteiger partial charge on any atom is -0.478 e. The molecule has 4 nitrogen and oxygen atoms in total. The second kappa shape index (κ2) is 6.54. The minimum atomic E-state index is -0.168. The van der Waals surface area contributed by atoms with Crippen LogP contribution in [0.4, 0.5) is 0 Å². The number of aryl methyl sites for hydroxylation is 1. The molecule has 0 radical (unpaired) electrons. The number of nitrogens with zero attached hydrogens (tertiary/aromatic N) is 1. The molecular weight excluding hydrogens is 338 g/mol.